The molecule has 0 heterocycles. The second-order valence-corrected chi connectivity index (χ2v) is 25.2. The Morgan fingerprint density at radius 2 is 0.412 bits per heavy atom. The van der Waals surface area contributed by atoms with Gasteiger partial charge in [0.25, 0.3) is 0 Å². The van der Waals surface area contributed by atoms with Crippen LogP contribution in [-0.4, -0.2) is 37.2 Å². The Morgan fingerprint density at radius 1 is 0.237 bits per heavy atom. The molecule has 0 spiro atoms. The number of allylic oxidation sites excluding steroid dienone is 2. The van der Waals surface area contributed by atoms with Crippen molar-refractivity contribution < 1.29 is 28.6 Å². The molecule has 1 unspecified atom stereocenters. The summed E-state index contributed by atoms with van der Waals surface area (Å²) < 4.78 is 16.9. The van der Waals surface area contributed by atoms with Crippen LogP contribution in [0.5, 0.6) is 0 Å². The predicted molar refractivity (Wildman–Crippen MR) is 349 cm³/mol. The zero-order valence-corrected chi connectivity index (χ0v) is 54.6. The maximum atomic E-state index is 12.9. The quantitative estimate of drug-likeness (QED) is 0.0261. The second-order valence-electron chi connectivity index (χ2n) is 25.2. The van der Waals surface area contributed by atoms with Crippen LogP contribution in [0.4, 0.5) is 0 Å². The van der Waals surface area contributed by atoms with E-state index in [2.05, 4.69) is 32.9 Å². The summed E-state index contributed by atoms with van der Waals surface area (Å²) in [7, 11) is 0. The first kappa shape index (κ1) is 78.1. The lowest BCUT2D eigenvalue weighted by molar-refractivity contribution is -0.167. The van der Waals surface area contributed by atoms with Crippen molar-refractivity contribution in [2.75, 3.05) is 13.2 Å². The summed E-state index contributed by atoms with van der Waals surface area (Å²) in [5, 5.41) is 0. The molecule has 0 radical (unpaired) electrons. The van der Waals surface area contributed by atoms with Crippen molar-refractivity contribution in [1.29, 1.82) is 0 Å². The molecule has 0 aliphatic carbocycles. The lowest BCUT2D eigenvalue weighted by atomic mass is 10.0. The molecule has 0 rings (SSSR count). The van der Waals surface area contributed by atoms with Gasteiger partial charge in [0.05, 0.1) is 0 Å². The second kappa shape index (κ2) is 69.6. The summed E-state index contributed by atoms with van der Waals surface area (Å²) in [5.74, 6) is -0.838. The molecular weight excluding hydrogens is 985 g/mol. The smallest absolute Gasteiger partial charge is 0.306 e. The van der Waals surface area contributed by atoms with E-state index in [-0.39, 0.29) is 31.1 Å². The maximum absolute atomic E-state index is 12.9. The van der Waals surface area contributed by atoms with E-state index in [0.717, 1.165) is 57.8 Å². The molecule has 0 saturated heterocycles. The number of hydrogen-bond acceptors (Lipinski definition) is 6. The molecule has 0 saturated carbocycles. The van der Waals surface area contributed by atoms with Crippen molar-refractivity contribution >= 4 is 17.9 Å². The summed E-state index contributed by atoms with van der Waals surface area (Å²) in [5.41, 5.74) is 0. The monoisotopic (exact) mass is 1130 g/mol. The molecule has 0 aliphatic rings. The molecule has 0 aromatic rings. The predicted octanol–water partition coefficient (Wildman–Crippen LogP) is 25.2. The fourth-order valence-electron chi connectivity index (χ4n) is 11.5. The molecule has 1 atom stereocenters. The number of rotatable bonds is 69. The van der Waals surface area contributed by atoms with Crippen LogP contribution >= 0.6 is 0 Å². The number of carbonyl (C=O) groups is 3. The average Bonchev–Trinajstić information content (AvgIpc) is 3.46. The van der Waals surface area contributed by atoms with Crippen LogP contribution in [0.3, 0.4) is 0 Å². The highest BCUT2D eigenvalue weighted by molar-refractivity contribution is 5.71. The zero-order valence-electron chi connectivity index (χ0n) is 54.6. The molecule has 6 nitrogen and oxygen atoms in total. The topological polar surface area (TPSA) is 78.9 Å². The lowest BCUT2D eigenvalue weighted by Gasteiger charge is -2.18. The Labute approximate surface area is 501 Å². The van der Waals surface area contributed by atoms with E-state index >= 15 is 0 Å². The third-order valence-corrected chi connectivity index (χ3v) is 17.0. The first-order chi connectivity index (χ1) is 39.5. The normalized spacial score (nSPS) is 12.0. The minimum absolute atomic E-state index is 0.0635. The van der Waals surface area contributed by atoms with Crippen molar-refractivity contribution in [3.8, 4) is 0 Å². The van der Waals surface area contributed by atoms with E-state index in [1.807, 2.05) is 0 Å². The maximum Gasteiger partial charge on any atom is 0.306 e. The minimum Gasteiger partial charge on any atom is -0.462 e. The minimum atomic E-state index is -0.765. The largest absolute Gasteiger partial charge is 0.462 e. The molecule has 0 aromatic carbocycles. The average molecular weight is 1130 g/mol. The third-order valence-electron chi connectivity index (χ3n) is 17.0. The molecule has 0 amide bonds. The Hall–Kier alpha value is -1.85. The van der Waals surface area contributed by atoms with Gasteiger partial charge in [-0.05, 0) is 44.9 Å². The number of unbranched alkanes of at least 4 members (excludes halogenated alkanes) is 56. The Bertz CT molecular complexity index is 1250. The van der Waals surface area contributed by atoms with Crippen molar-refractivity contribution in [2.24, 2.45) is 0 Å². The number of ether oxygens (including phenoxy) is 3. The summed E-state index contributed by atoms with van der Waals surface area (Å²) in [6.45, 7) is 6.68. The summed E-state index contributed by atoms with van der Waals surface area (Å²) in [4.78, 5) is 38.2. The van der Waals surface area contributed by atoms with Gasteiger partial charge in [-0.15, -0.1) is 0 Å². The Kier molecular flexibility index (Phi) is 68.0. The van der Waals surface area contributed by atoms with Gasteiger partial charge in [-0.2, -0.15) is 0 Å². The van der Waals surface area contributed by atoms with Crippen LogP contribution in [0.15, 0.2) is 12.2 Å². The standard InChI is InChI=1S/C74H142O6/c1-4-7-10-13-16-18-20-22-24-26-28-30-32-34-35-36-37-38-40-41-43-45-47-49-51-53-55-58-61-64-67-73(76)79-70-71(69-78-72(75)66-63-60-57-15-12-9-6-3)80-74(77)68-65-62-59-56-54-52-50-48-46-44-42-39-33-31-29-27-25-23-21-19-17-14-11-8-5-2/h27,29,71H,4-26,28,30-70H2,1-3H3/b29-27-. The lowest BCUT2D eigenvalue weighted by Crippen LogP contribution is -2.30. The van der Waals surface area contributed by atoms with Crippen LogP contribution in [0.1, 0.15) is 425 Å². The van der Waals surface area contributed by atoms with Gasteiger partial charge in [0.15, 0.2) is 6.10 Å². The van der Waals surface area contributed by atoms with Gasteiger partial charge < -0.3 is 14.2 Å². The zero-order chi connectivity index (χ0) is 57.8. The van der Waals surface area contributed by atoms with Crippen LogP contribution in [0.2, 0.25) is 0 Å². The molecule has 0 aromatic heterocycles. The molecule has 0 N–H and O–H groups in total. The van der Waals surface area contributed by atoms with Gasteiger partial charge in [-0.25, -0.2) is 0 Å². The highest BCUT2D eigenvalue weighted by Crippen LogP contribution is 2.19. The highest BCUT2D eigenvalue weighted by Gasteiger charge is 2.20. The SMILES string of the molecule is CCCCCCCCCC/C=C\CCCCCCCCCCCCCCCC(=O)OC(COC(=O)CCCCCCCCC)COC(=O)CCCCCCCCCCCCCCCCCCCCCCCCCCCCCCCC. The van der Waals surface area contributed by atoms with Gasteiger partial charge in [0.1, 0.15) is 13.2 Å². The fraction of sp³-hybridized carbons (Fsp3) is 0.932. The Balaban J connectivity index is 3.97. The summed E-state index contributed by atoms with van der Waals surface area (Å²) >= 11 is 0. The van der Waals surface area contributed by atoms with Gasteiger partial charge in [0.2, 0.25) is 0 Å². The molecule has 474 valence electrons. The first-order valence-corrected chi connectivity index (χ1v) is 36.7. The molecule has 0 bridgehead atoms. The molecule has 0 fully saturated rings. The number of hydrogen-bond donors (Lipinski definition) is 0. The van der Waals surface area contributed by atoms with E-state index in [0.29, 0.717) is 19.3 Å². The van der Waals surface area contributed by atoms with E-state index in [4.69, 9.17) is 14.2 Å². The summed E-state index contributed by atoms with van der Waals surface area (Å²) in [6.07, 6.45) is 84.4. The van der Waals surface area contributed by atoms with Crippen LogP contribution in [-0.2, 0) is 28.6 Å². The van der Waals surface area contributed by atoms with Crippen molar-refractivity contribution in [2.45, 2.75) is 431 Å². The van der Waals surface area contributed by atoms with E-state index < -0.39 is 6.10 Å². The van der Waals surface area contributed by atoms with Crippen LogP contribution in [0, 0.1) is 0 Å². The van der Waals surface area contributed by atoms with Crippen molar-refractivity contribution in [1.82, 2.24) is 0 Å². The van der Waals surface area contributed by atoms with E-state index in [1.54, 1.807) is 0 Å². The summed E-state index contributed by atoms with van der Waals surface area (Å²) in [6, 6.07) is 0. The van der Waals surface area contributed by atoms with Gasteiger partial charge in [0, 0.05) is 19.3 Å². The van der Waals surface area contributed by atoms with E-state index in [1.165, 1.54) is 327 Å². The molecule has 0 aliphatic heterocycles. The fourth-order valence-corrected chi connectivity index (χ4v) is 11.5. The first-order valence-electron chi connectivity index (χ1n) is 36.7. The van der Waals surface area contributed by atoms with Crippen LogP contribution in [0.25, 0.3) is 0 Å². The van der Waals surface area contributed by atoms with Crippen LogP contribution < -0.4 is 0 Å². The van der Waals surface area contributed by atoms with E-state index in [9.17, 15) is 14.4 Å². The van der Waals surface area contributed by atoms with Gasteiger partial charge in [-0.3, -0.25) is 14.4 Å². The molecule has 80 heavy (non-hydrogen) atoms. The Morgan fingerprint density at radius 3 is 0.625 bits per heavy atom. The number of esters is 3. The van der Waals surface area contributed by atoms with Crippen molar-refractivity contribution in [3.05, 3.63) is 12.2 Å². The third kappa shape index (κ3) is 66.9. The van der Waals surface area contributed by atoms with Gasteiger partial charge in [-0.1, -0.05) is 373 Å². The number of carbonyl (C=O) groups excluding carboxylic acids is 3. The molecular formula is C74H142O6. The molecule has 6 heteroatoms. The van der Waals surface area contributed by atoms with Crippen molar-refractivity contribution in [3.63, 3.8) is 0 Å². The van der Waals surface area contributed by atoms with Gasteiger partial charge >= 0.3 is 17.9 Å². The highest BCUT2D eigenvalue weighted by atomic mass is 16.6.